The number of halogens is 2. The van der Waals surface area contributed by atoms with Crippen molar-refractivity contribution in [3.63, 3.8) is 0 Å². The minimum absolute atomic E-state index is 0.0694. The zero-order valence-electron chi connectivity index (χ0n) is 23.2. The maximum absolute atomic E-state index is 14.3. The molecule has 7 rings (SSSR count). The lowest BCUT2D eigenvalue weighted by molar-refractivity contribution is 0.303. The van der Waals surface area contributed by atoms with Crippen molar-refractivity contribution in [1.82, 2.24) is 4.57 Å². The van der Waals surface area contributed by atoms with Crippen molar-refractivity contribution in [3.05, 3.63) is 153 Å². The van der Waals surface area contributed by atoms with Gasteiger partial charge in [0.1, 0.15) is 18.1 Å². The molecule has 0 amide bonds. The molecule has 43 heavy (non-hydrogen) atoms. The predicted octanol–water partition coefficient (Wildman–Crippen LogP) is 7.43. The van der Waals surface area contributed by atoms with E-state index in [4.69, 9.17) is 14.5 Å². The second-order valence-corrected chi connectivity index (χ2v) is 13.2. The summed E-state index contributed by atoms with van der Waals surface area (Å²) in [5, 5.41) is 0. The SMILES string of the molecule is COc1ccc([C@H]2C3=C(N=c4s/c(=C/c5cc(Br)cc(Br)c5OCc5ccccc5)c(=O)n42)c2ccccc2CC3)cc1. The number of ether oxygens (including phenoxy) is 2. The summed E-state index contributed by atoms with van der Waals surface area (Å²) in [5.41, 5.74) is 7.41. The van der Waals surface area contributed by atoms with Crippen LogP contribution in [0.25, 0.3) is 11.8 Å². The highest BCUT2D eigenvalue weighted by atomic mass is 79.9. The van der Waals surface area contributed by atoms with E-state index in [1.807, 2.05) is 65.2 Å². The van der Waals surface area contributed by atoms with Gasteiger partial charge in [0.15, 0.2) is 4.80 Å². The first kappa shape index (κ1) is 28.1. The fourth-order valence-electron chi connectivity index (χ4n) is 5.82. The van der Waals surface area contributed by atoms with E-state index in [-0.39, 0.29) is 11.6 Å². The molecule has 0 spiro atoms. The Morgan fingerprint density at radius 2 is 1.74 bits per heavy atom. The Balaban J connectivity index is 1.40. The van der Waals surface area contributed by atoms with Crippen molar-refractivity contribution < 1.29 is 9.47 Å². The number of hydrogen-bond acceptors (Lipinski definition) is 5. The third-order valence-electron chi connectivity index (χ3n) is 7.85. The minimum atomic E-state index is -0.254. The summed E-state index contributed by atoms with van der Waals surface area (Å²) in [7, 11) is 1.66. The maximum Gasteiger partial charge on any atom is 0.271 e. The van der Waals surface area contributed by atoms with Crippen LogP contribution in [0.2, 0.25) is 0 Å². The molecule has 0 fully saturated rings. The normalized spacial score (nSPS) is 15.8. The summed E-state index contributed by atoms with van der Waals surface area (Å²) in [6.07, 6.45) is 3.67. The van der Waals surface area contributed by atoms with Crippen molar-refractivity contribution in [2.24, 2.45) is 4.99 Å². The molecule has 0 N–H and O–H groups in total. The molecule has 8 heteroatoms. The third kappa shape index (κ3) is 5.32. The first-order valence-corrected chi connectivity index (χ1v) is 16.3. The molecule has 4 aromatic carbocycles. The second-order valence-electron chi connectivity index (χ2n) is 10.5. The maximum atomic E-state index is 14.3. The number of rotatable bonds is 6. The number of nitrogens with zero attached hydrogens (tertiary/aromatic N) is 2. The Kier molecular flexibility index (Phi) is 7.67. The van der Waals surface area contributed by atoms with Crippen LogP contribution in [0.15, 0.2) is 115 Å². The van der Waals surface area contributed by atoms with E-state index in [0.29, 0.717) is 21.7 Å². The van der Waals surface area contributed by atoms with Crippen LogP contribution in [-0.4, -0.2) is 11.7 Å². The molecule has 2 heterocycles. The largest absolute Gasteiger partial charge is 0.497 e. The number of benzene rings is 4. The van der Waals surface area contributed by atoms with E-state index < -0.39 is 0 Å². The van der Waals surface area contributed by atoms with Crippen molar-refractivity contribution >= 4 is 55.0 Å². The molecule has 0 bridgehead atoms. The average Bonchev–Trinajstić information content (AvgIpc) is 3.34. The molecule has 1 aliphatic carbocycles. The van der Waals surface area contributed by atoms with Crippen LogP contribution in [0.5, 0.6) is 11.5 Å². The van der Waals surface area contributed by atoms with Crippen molar-refractivity contribution in [2.45, 2.75) is 25.5 Å². The van der Waals surface area contributed by atoms with Crippen LogP contribution >= 0.6 is 43.2 Å². The van der Waals surface area contributed by atoms with Gasteiger partial charge in [0.05, 0.1) is 27.9 Å². The molecule has 0 radical (unpaired) electrons. The lowest BCUT2D eigenvalue weighted by Gasteiger charge is -2.30. The molecule has 0 unspecified atom stereocenters. The summed E-state index contributed by atoms with van der Waals surface area (Å²) in [4.78, 5) is 20.1. The highest BCUT2D eigenvalue weighted by Gasteiger charge is 2.32. The van der Waals surface area contributed by atoms with E-state index in [2.05, 4.69) is 68.3 Å². The number of aromatic nitrogens is 1. The standard InChI is InChI=1S/C35H26Br2N2O3S/c1-41-26-14-11-23(12-15-26)32-28-16-13-22-9-5-6-10-27(22)31(28)38-35-39(32)34(40)30(43-35)18-24-17-25(36)19-29(37)33(24)42-20-21-7-3-2-4-8-21/h2-12,14-15,17-19,32H,13,16,20H2,1H3/b30-18+/t32-/m0/s1. The van der Waals surface area contributed by atoms with Gasteiger partial charge in [-0.1, -0.05) is 94.0 Å². The molecule has 0 saturated heterocycles. The van der Waals surface area contributed by atoms with Gasteiger partial charge in [-0.25, -0.2) is 4.99 Å². The molecule has 5 nitrogen and oxygen atoms in total. The first-order chi connectivity index (χ1) is 21.0. The predicted molar refractivity (Wildman–Crippen MR) is 178 cm³/mol. The number of hydrogen-bond donors (Lipinski definition) is 0. The van der Waals surface area contributed by atoms with E-state index in [9.17, 15) is 4.79 Å². The van der Waals surface area contributed by atoms with E-state index >= 15 is 0 Å². The van der Waals surface area contributed by atoms with Crippen LogP contribution in [0.1, 0.15) is 40.3 Å². The highest BCUT2D eigenvalue weighted by molar-refractivity contribution is 9.11. The first-order valence-electron chi connectivity index (χ1n) is 13.9. The summed E-state index contributed by atoms with van der Waals surface area (Å²) in [5.74, 6) is 1.46. The average molecular weight is 714 g/mol. The quantitative estimate of drug-likeness (QED) is 0.184. The van der Waals surface area contributed by atoms with Gasteiger partial charge >= 0.3 is 0 Å². The number of thiazole rings is 1. The lowest BCUT2D eigenvalue weighted by atomic mass is 9.83. The van der Waals surface area contributed by atoms with Gasteiger partial charge in [-0.2, -0.15) is 0 Å². The van der Waals surface area contributed by atoms with E-state index in [1.54, 1.807) is 7.11 Å². The number of allylic oxidation sites excluding steroid dienone is 1. The Morgan fingerprint density at radius 3 is 2.53 bits per heavy atom. The van der Waals surface area contributed by atoms with Crippen LogP contribution in [0, 0.1) is 0 Å². The van der Waals surface area contributed by atoms with Gasteiger partial charge in [0.2, 0.25) is 0 Å². The molecule has 2 aliphatic rings. The highest BCUT2D eigenvalue weighted by Crippen LogP contribution is 2.41. The van der Waals surface area contributed by atoms with Crippen LogP contribution in [0.4, 0.5) is 0 Å². The Morgan fingerprint density at radius 1 is 0.977 bits per heavy atom. The van der Waals surface area contributed by atoms with Crippen molar-refractivity contribution in [2.75, 3.05) is 7.11 Å². The Bertz CT molecular complexity index is 2070. The molecule has 0 saturated carbocycles. The van der Waals surface area contributed by atoms with Crippen LogP contribution < -0.4 is 24.4 Å². The molecule has 1 atom stereocenters. The van der Waals surface area contributed by atoms with E-state index in [0.717, 1.165) is 55.5 Å². The van der Waals surface area contributed by atoms with Crippen molar-refractivity contribution in [3.8, 4) is 11.5 Å². The van der Waals surface area contributed by atoms with Gasteiger partial charge in [-0.15, -0.1) is 0 Å². The smallest absolute Gasteiger partial charge is 0.271 e. The summed E-state index contributed by atoms with van der Waals surface area (Å²) >= 11 is 8.71. The topological polar surface area (TPSA) is 52.8 Å². The molecule has 5 aromatic rings. The Hall–Kier alpha value is -3.72. The molecular formula is C35H26Br2N2O3S. The van der Waals surface area contributed by atoms with Crippen LogP contribution in [0.3, 0.4) is 0 Å². The summed E-state index contributed by atoms with van der Waals surface area (Å²) < 4.78 is 15.9. The zero-order chi connectivity index (χ0) is 29.5. The summed E-state index contributed by atoms with van der Waals surface area (Å²) in [6.45, 7) is 0.409. The number of fused-ring (bicyclic) bond motifs is 3. The van der Waals surface area contributed by atoms with Gasteiger partial charge in [0.25, 0.3) is 5.56 Å². The minimum Gasteiger partial charge on any atom is -0.497 e. The van der Waals surface area contributed by atoms with Gasteiger partial charge in [-0.05, 0) is 81.4 Å². The molecule has 214 valence electrons. The number of aryl methyl sites for hydroxylation is 1. The second kappa shape index (κ2) is 11.8. The number of methoxy groups -OCH3 is 1. The molecular weight excluding hydrogens is 688 g/mol. The van der Waals surface area contributed by atoms with Gasteiger partial charge in [-0.3, -0.25) is 9.36 Å². The van der Waals surface area contributed by atoms with Crippen molar-refractivity contribution in [1.29, 1.82) is 0 Å². The van der Waals surface area contributed by atoms with Gasteiger partial charge in [0, 0.05) is 15.6 Å². The zero-order valence-corrected chi connectivity index (χ0v) is 27.2. The third-order valence-corrected chi connectivity index (χ3v) is 9.88. The van der Waals surface area contributed by atoms with Crippen LogP contribution in [-0.2, 0) is 13.0 Å². The van der Waals surface area contributed by atoms with E-state index in [1.165, 1.54) is 22.5 Å². The molecule has 1 aliphatic heterocycles. The van der Waals surface area contributed by atoms with Gasteiger partial charge < -0.3 is 9.47 Å². The fourth-order valence-corrected chi connectivity index (χ4v) is 8.18. The summed E-state index contributed by atoms with van der Waals surface area (Å²) in [6, 6.07) is 30.2. The Labute approximate surface area is 269 Å². The monoisotopic (exact) mass is 712 g/mol. The molecule has 1 aromatic heterocycles. The fraction of sp³-hybridized carbons (Fsp3) is 0.143. The lowest BCUT2D eigenvalue weighted by Crippen LogP contribution is -2.38.